The van der Waals surface area contributed by atoms with Gasteiger partial charge in [-0.05, 0) is 0 Å². The molecule has 2 aliphatic carbocycles. The van der Waals surface area contributed by atoms with Crippen molar-refractivity contribution in [3.63, 3.8) is 0 Å². The van der Waals surface area contributed by atoms with Crippen molar-refractivity contribution in [3.8, 4) is 0 Å². The summed E-state index contributed by atoms with van der Waals surface area (Å²) in [6.45, 7) is 0. The van der Waals surface area contributed by atoms with E-state index < -0.39 is 0 Å². The van der Waals surface area contributed by atoms with Gasteiger partial charge in [0.05, 0.1) is 5.92 Å². The van der Waals surface area contributed by atoms with Crippen LogP contribution in [0.25, 0.3) is 5.53 Å². The molecule has 2 aliphatic rings. The third-order valence-corrected chi connectivity index (χ3v) is 2.35. The minimum absolute atomic E-state index is 0.185. The molecule has 0 bridgehead atoms. The molecule has 2 nitrogen and oxygen atoms in total. The Morgan fingerprint density at radius 1 is 1.00 bits per heavy atom. The van der Waals surface area contributed by atoms with E-state index in [-0.39, 0.29) is 5.92 Å². The van der Waals surface area contributed by atoms with Crippen LogP contribution >= 0.6 is 0 Å². The van der Waals surface area contributed by atoms with Crippen LogP contribution in [0.1, 0.15) is 0 Å². The standard InChI is InChI=1S/C11H10N2/c12-13-11-8-4-3-7-10(11)9-5-1-2-6-9/h1-10H. The van der Waals surface area contributed by atoms with Gasteiger partial charge in [0.2, 0.25) is 0 Å². The summed E-state index contributed by atoms with van der Waals surface area (Å²) < 4.78 is 0. The van der Waals surface area contributed by atoms with Crippen molar-refractivity contribution in [3.05, 3.63) is 54.1 Å². The number of rotatable bonds is 1. The van der Waals surface area contributed by atoms with Crippen LogP contribution in [-0.4, -0.2) is 10.5 Å². The van der Waals surface area contributed by atoms with E-state index in [0.717, 1.165) is 5.71 Å². The fourth-order valence-electron chi connectivity index (χ4n) is 1.66. The van der Waals surface area contributed by atoms with Gasteiger partial charge >= 0.3 is 0 Å². The highest BCUT2D eigenvalue weighted by molar-refractivity contribution is 5.95. The van der Waals surface area contributed by atoms with Crippen LogP contribution < -0.4 is 0 Å². The Hall–Kier alpha value is -1.66. The van der Waals surface area contributed by atoms with Crippen molar-refractivity contribution < 1.29 is 4.79 Å². The molecule has 0 saturated heterocycles. The predicted molar refractivity (Wildman–Crippen MR) is 52.2 cm³/mol. The van der Waals surface area contributed by atoms with Crippen LogP contribution in [0, 0.1) is 11.8 Å². The molecule has 0 aromatic heterocycles. The molecule has 0 aliphatic heterocycles. The molecule has 64 valence electrons. The first-order valence-electron chi connectivity index (χ1n) is 4.33. The quantitative estimate of drug-likeness (QED) is 0.427. The lowest BCUT2D eigenvalue weighted by molar-refractivity contribution is -0.00991. The van der Waals surface area contributed by atoms with Crippen molar-refractivity contribution in [2.24, 2.45) is 11.8 Å². The second kappa shape index (κ2) is 3.38. The lowest BCUT2D eigenvalue weighted by Crippen LogP contribution is -2.19. The van der Waals surface area contributed by atoms with Gasteiger partial charge in [-0.2, -0.15) is 4.79 Å². The third-order valence-electron chi connectivity index (χ3n) is 2.35. The van der Waals surface area contributed by atoms with Gasteiger partial charge < -0.3 is 5.53 Å². The van der Waals surface area contributed by atoms with Gasteiger partial charge in [-0.3, -0.25) is 0 Å². The minimum Gasteiger partial charge on any atom is -0.361 e. The van der Waals surface area contributed by atoms with Crippen molar-refractivity contribution in [1.29, 1.82) is 0 Å². The molecule has 1 unspecified atom stereocenters. The molecule has 0 spiro atoms. The van der Waals surface area contributed by atoms with Crippen molar-refractivity contribution in [2.45, 2.75) is 0 Å². The smallest absolute Gasteiger partial charge is 0.299 e. The molecule has 13 heavy (non-hydrogen) atoms. The summed E-state index contributed by atoms with van der Waals surface area (Å²) in [7, 11) is 0. The van der Waals surface area contributed by atoms with E-state index in [0.29, 0.717) is 5.92 Å². The summed E-state index contributed by atoms with van der Waals surface area (Å²) in [4.78, 5) is 3.28. The second-order valence-corrected chi connectivity index (χ2v) is 3.14. The monoisotopic (exact) mass is 170 g/mol. The molecule has 0 amide bonds. The zero-order valence-corrected chi connectivity index (χ0v) is 7.17. The molecule has 0 saturated carbocycles. The molecule has 0 heterocycles. The van der Waals surface area contributed by atoms with Crippen LogP contribution in [0.5, 0.6) is 0 Å². The lowest BCUT2D eigenvalue weighted by atomic mass is 9.86. The first-order valence-corrected chi connectivity index (χ1v) is 4.33. The summed E-state index contributed by atoms with van der Waals surface area (Å²) in [6.07, 6.45) is 16.0. The molecular formula is C11H10N2. The van der Waals surface area contributed by atoms with Gasteiger partial charge in [0.15, 0.2) is 0 Å². The van der Waals surface area contributed by atoms with E-state index >= 15 is 0 Å². The van der Waals surface area contributed by atoms with Crippen molar-refractivity contribution in [1.82, 2.24) is 0 Å². The molecule has 2 rings (SSSR count). The summed E-state index contributed by atoms with van der Waals surface area (Å²) >= 11 is 0. The summed E-state index contributed by atoms with van der Waals surface area (Å²) in [6, 6.07) is 0. The SMILES string of the molecule is [N-]=[N+]=C1C=CC=CC1C1C=CC=C1. The highest BCUT2D eigenvalue weighted by Gasteiger charge is 2.26. The number of hydrogen-bond acceptors (Lipinski definition) is 0. The van der Waals surface area contributed by atoms with Crippen LogP contribution in [0.2, 0.25) is 0 Å². The molecule has 0 N–H and O–H groups in total. The van der Waals surface area contributed by atoms with E-state index in [1.54, 1.807) is 0 Å². The normalized spacial score (nSPS) is 25.5. The average Bonchev–Trinajstić information content (AvgIpc) is 2.70. The van der Waals surface area contributed by atoms with Crippen LogP contribution in [-0.2, 0) is 0 Å². The van der Waals surface area contributed by atoms with E-state index in [1.807, 2.05) is 30.4 Å². The van der Waals surface area contributed by atoms with E-state index in [4.69, 9.17) is 5.53 Å². The van der Waals surface area contributed by atoms with E-state index in [2.05, 4.69) is 23.0 Å². The predicted octanol–water partition coefficient (Wildman–Crippen LogP) is 2.14. The fraction of sp³-hybridized carbons (Fsp3) is 0.182. The first-order chi connectivity index (χ1) is 6.42. The highest BCUT2D eigenvalue weighted by atomic mass is 14.9. The van der Waals surface area contributed by atoms with Gasteiger partial charge in [-0.1, -0.05) is 42.5 Å². The Kier molecular flexibility index (Phi) is 2.07. The van der Waals surface area contributed by atoms with Crippen LogP contribution in [0.3, 0.4) is 0 Å². The molecule has 0 aromatic rings. The maximum atomic E-state index is 8.78. The van der Waals surface area contributed by atoms with Gasteiger partial charge in [-0.15, -0.1) is 0 Å². The summed E-state index contributed by atoms with van der Waals surface area (Å²) in [5.74, 6) is 0.525. The molecule has 1 atom stereocenters. The van der Waals surface area contributed by atoms with E-state index in [9.17, 15) is 0 Å². The van der Waals surface area contributed by atoms with Gasteiger partial charge in [-0.25, -0.2) is 0 Å². The molecule has 2 heteroatoms. The Morgan fingerprint density at radius 2 is 1.69 bits per heavy atom. The zero-order valence-electron chi connectivity index (χ0n) is 7.17. The number of nitrogens with zero attached hydrogens (tertiary/aromatic N) is 2. The van der Waals surface area contributed by atoms with Crippen molar-refractivity contribution >= 4 is 5.71 Å². The first kappa shape index (κ1) is 7.96. The number of hydrogen-bond donors (Lipinski definition) is 0. The van der Waals surface area contributed by atoms with Crippen LogP contribution in [0.15, 0.2) is 48.6 Å². The van der Waals surface area contributed by atoms with Gasteiger partial charge in [0, 0.05) is 12.0 Å². The Bertz CT molecular complexity index is 354. The number of allylic oxidation sites excluding steroid dienone is 8. The molecule has 0 aromatic carbocycles. The lowest BCUT2D eigenvalue weighted by Gasteiger charge is -2.12. The maximum absolute atomic E-state index is 8.78. The molecule has 0 radical (unpaired) electrons. The van der Waals surface area contributed by atoms with Gasteiger partial charge in [0.25, 0.3) is 5.71 Å². The van der Waals surface area contributed by atoms with E-state index in [1.165, 1.54) is 0 Å². The maximum Gasteiger partial charge on any atom is 0.299 e. The Morgan fingerprint density at radius 3 is 2.38 bits per heavy atom. The topological polar surface area (TPSA) is 36.4 Å². The summed E-state index contributed by atoms with van der Waals surface area (Å²) in [5, 5.41) is 0. The fourth-order valence-corrected chi connectivity index (χ4v) is 1.66. The van der Waals surface area contributed by atoms with Crippen LogP contribution in [0.4, 0.5) is 0 Å². The zero-order chi connectivity index (χ0) is 9.10. The summed E-state index contributed by atoms with van der Waals surface area (Å²) in [5.41, 5.74) is 9.50. The molecular weight excluding hydrogens is 160 g/mol. The van der Waals surface area contributed by atoms with Gasteiger partial charge in [0.1, 0.15) is 0 Å². The molecule has 0 fully saturated rings. The third kappa shape index (κ3) is 1.44. The highest BCUT2D eigenvalue weighted by Crippen LogP contribution is 2.24. The minimum atomic E-state index is 0.185. The second-order valence-electron chi connectivity index (χ2n) is 3.14. The Balaban J connectivity index is 2.27. The Labute approximate surface area is 77.2 Å². The van der Waals surface area contributed by atoms with Crippen molar-refractivity contribution in [2.75, 3.05) is 0 Å². The average molecular weight is 170 g/mol. The largest absolute Gasteiger partial charge is 0.361 e.